The molecule has 4 nitrogen and oxygen atoms in total. The Morgan fingerprint density at radius 3 is 3.09 bits per heavy atom. The monoisotopic (exact) mass is 166 g/mol. The van der Waals surface area contributed by atoms with Crippen molar-refractivity contribution in [2.24, 2.45) is 0 Å². The van der Waals surface area contributed by atoms with Gasteiger partial charge in [0.25, 0.3) is 0 Å². The first-order valence-corrected chi connectivity index (χ1v) is 3.90. The minimum Gasteiger partial charge on any atom is -0.381 e. The second kappa shape index (κ2) is 2.13. The standard InChI is InChI=1S/C6H6N4S/c1-3-2-4-5(9-8-3)6(7)10-11-4/h2H,1H3,(H2,7,10). The number of nitrogens with zero attached hydrogens (tertiary/aromatic N) is 3. The van der Waals surface area contributed by atoms with Crippen LogP contribution in [-0.4, -0.2) is 14.6 Å². The molecule has 5 heteroatoms. The molecule has 0 radical (unpaired) electrons. The normalized spacial score (nSPS) is 10.6. The number of nitrogens with two attached hydrogens (primary N) is 1. The summed E-state index contributed by atoms with van der Waals surface area (Å²) >= 11 is 1.35. The van der Waals surface area contributed by atoms with Crippen LogP contribution >= 0.6 is 11.5 Å². The zero-order chi connectivity index (χ0) is 7.84. The molecule has 2 aromatic heterocycles. The van der Waals surface area contributed by atoms with E-state index in [9.17, 15) is 0 Å². The molecule has 0 unspecified atom stereocenters. The van der Waals surface area contributed by atoms with Gasteiger partial charge in [0.05, 0.1) is 10.4 Å². The fourth-order valence-electron chi connectivity index (χ4n) is 0.854. The quantitative estimate of drug-likeness (QED) is 0.633. The molecule has 0 aliphatic rings. The van der Waals surface area contributed by atoms with E-state index in [1.54, 1.807) is 0 Å². The Bertz CT molecular complexity index is 394. The first kappa shape index (κ1) is 6.48. The van der Waals surface area contributed by atoms with Gasteiger partial charge in [-0.15, -0.1) is 5.10 Å². The average molecular weight is 166 g/mol. The molecular formula is C6H6N4S. The minimum absolute atomic E-state index is 0.470. The molecular weight excluding hydrogens is 160 g/mol. The predicted octanol–water partition coefficient (Wildman–Crippen LogP) is 0.977. The van der Waals surface area contributed by atoms with Crippen molar-refractivity contribution in [2.45, 2.75) is 6.92 Å². The highest BCUT2D eigenvalue weighted by Crippen LogP contribution is 2.21. The second-order valence-electron chi connectivity index (χ2n) is 2.27. The molecule has 0 atom stereocenters. The number of aromatic nitrogens is 3. The van der Waals surface area contributed by atoms with Gasteiger partial charge in [-0.05, 0) is 24.5 Å². The van der Waals surface area contributed by atoms with E-state index in [-0.39, 0.29) is 0 Å². The van der Waals surface area contributed by atoms with Crippen LogP contribution in [0.25, 0.3) is 10.2 Å². The van der Waals surface area contributed by atoms with Crippen LogP contribution < -0.4 is 5.73 Å². The average Bonchev–Trinajstić information content (AvgIpc) is 2.32. The van der Waals surface area contributed by atoms with Crippen LogP contribution in [0.3, 0.4) is 0 Å². The third-order valence-corrected chi connectivity index (χ3v) is 2.16. The van der Waals surface area contributed by atoms with Crippen LogP contribution in [0.15, 0.2) is 6.07 Å². The lowest BCUT2D eigenvalue weighted by Gasteiger charge is -1.88. The van der Waals surface area contributed by atoms with Crippen LogP contribution in [0.4, 0.5) is 5.82 Å². The van der Waals surface area contributed by atoms with Gasteiger partial charge in [-0.3, -0.25) is 0 Å². The summed E-state index contributed by atoms with van der Waals surface area (Å²) in [6.07, 6.45) is 0. The van der Waals surface area contributed by atoms with E-state index >= 15 is 0 Å². The Balaban J connectivity index is 2.86. The smallest absolute Gasteiger partial charge is 0.165 e. The largest absolute Gasteiger partial charge is 0.381 e. The van der Waals surface area contributed by atoms with Gasteiger partial charge < -0.3 is 5.73 Å². The fraction of sp³-hybridized carbons (Fsp3) is 0.167. The molecule has 0 aliphatic carbocycles. The predicted molar refractivity (Wildman–Crippen MR) is 44.4 cm³/mol. The molecule has 11 heavy (non-hydrogen) atoms. The van der Waals surface area contributed by atoms with Crippen molar-refractivity contribution in [1.29, 1.82) is 0 Å². The zero-order valence-electron chi connectivity index (χ0n) is 5.90. The Morgan fingerprint density at radius 1 is 1.45 bits per heavy atom. The van der Waals surface area contributed by atoms with Gasteiger partial charge >= 0.3 is 0 Å². The summed E-state index contributed by atoms with van der Waals surface area (Å²) in [6, 6.07) is 1.93. The summed E-state index contributed by atoms with van der Waals surface area (Å²) in [5.41, 5.74) is 7.12. The highest BCUT2D eigenvalue weighted by atomic mass is 32.1. The van der Waals surface area contributed by atoms with Crippen LogP contribution in [0.2, 0.25) is 0 Å². The maximum absolute atomic E-state index is 5.52. The Morgan fingerprint density at radius 2 is 2.27 bits per heavy atom. The number of anilines is 1. The summed E-state index contributed by atoms with van der Waals surface area (Å²) in [7, 11) is 0. The first-order chi connectivity index (χ1) is 5.27. The number of fused-ring (bicyclic) bond motifs is 1. The van der Waals surface area contributed by atoms with Gasteiger partial charge in [0.1, 0.15) is 5.52 Å². The lowest BCUT2D eigenvalue weighted by atomic mass is 10.4. The van der Waals surface area contributed by atoms with E-state index in [0.29, 0.717) is 11.3 Å². The molecule has 0 aromatic carbocycles. The Labute approximate surface area is 67.2 Å². The first-order valence-electron chi connectivity index (χ1n) is 3.12. The van der Waals surface area contributed by atoms with Crippen molar-refractivity contribution >= 4 is 27.6 Å². The van der Waals surface area contributed by atoms with E-state index in [4.69, 9.17) is 5.73 Å². The van der Waals surface area contributed by atoms with Crippen LogP contribution in [0.5, 0.6) is 0 Å². The molecule has 2 rings (SSSR count). The maximum Gasteiger partial charge on any atom is 0.165 e. The number of hydrogen-bond acceptors (Lipinski definition) is 5. The minimum atomic E-state index is 0.470. The molecule has 0 amide bonds. The maximum atomic E-state index is 5.52. The summed E-state index contributed by atoms with van der Waals surface area (Å²) in [5, 5.41) is 7.79. The van der Waals surface area contributed by atoms with E-state index in [2.05, 4.69) is 14.6 Å². The molecule has 2 heterocycles. The van der Waals surface area contributed by atoms with Crippen LogP contribution in [0.1, 0.15) is 5.69 Å². The summed E-state index contributed by atoms with van der Waals surface area (Å²) in [4.78, 5) is 0. The molecule has 0 aliphatic heterocycles. The number of rotatable bonds is 0. The van der Waals surface area contributed by atoms with E-state index in [1.165, 1.54) is 11.5 Å². The van der Waals surface area contributed by atoms with E-state index in [1.807, 2.05) is 13.0 Å². The summed E-state index contributed by atoms with van der Waals surface area (Å²) < 4.78 is 4.95. The van der Waals surface area contributed by atoms with Gasteiger partial charge in [0.2, 0.25) is 0 Å². The van der Waals surface area contributed by atoms with Crippen molar-refractivity contribution in [3.05, 3.63) is 11.8 Å². The molecule has 0 saturated carbocycles. The molecule has 2 aromatic rings. The molecule has 0 fully saturated rings. The summed E-state index contributed by atoms with van der Waals surface area (Å²) in [6.45, 7) is 1.89. The number of hydrogen-bond donors (Lipinski definition) is 1. The SMILES string of the molecule is Cc1cc2snc(N)c2nn1. The van der Waals surface area contributed by atoms with Crippen molar-refractivity contribution in [2.75, 3.05) is 5.73 Å². The van der Waals surface area contributed by atoms with Gasteiger partial charge in [-0.2, -0.15) is 9.47 Å². The molecule has 56 valence electrons. The molecule has 0 bridgehead atoms. The highest BCUT2D eigenvalue weighted by molar-refractivity contribution is 7.13. The zero-order valence-corrected chi connectivity index (χ0v) is 6.72. The van der Waals surface area contributed by atoms with Gasteiger partial charge in [0, 0.05) is 0 Å². The lowest BCUT2D eigenvalue weighted by Crippen LogP contribution is -1.89. The van der Waals surface area contributed by atoms with Crippen molar-refractivity contribution in [1.82, 2.24) is 14.6 Å². The van der Waals surface area contributed by atoms with Gasteiger partial charge in [-0.1, -0.05) is 0 Å². The van der Waals surface area contributed by atoms with Crippen LogP contribution in [-0.2, 0) is 0 Å². The number of nitrogen functional groups attached to an aromatic ring is 1. The second-order valence-corrected chi connectivity index (χ2v) is 3.07. The van der Waals surface area contributed by atoms with Gasteiger partial charge in [-0.25, -0.2) is 0 Å². The lowest BCUT2D eigenvalue weighted by molar-refractivity contribution is 1.02. The number of aryl methyl sites for hydroxylation is 1. The van der Waals surface area contributed by atoms with Crippen LogP contribution in [0, 0.1) is 6.92 Å². The highest BCUT2D eigenvalue weighted by Gasteiger charge is 2.03. The van der Waals surface area contributed by atoms with Gasteiger partial charge in [0.15, 0.2) is 5.82 Å². The van der Waals surface area contributed by atoms with Crippen molar-refractivity contribution in [3.8, 4) is 0 Å². The third kappa shape index (κ3) is 0.932. The van der Waals surface area contributed by atoms with E-state index in [0.717, 1.165) is 10.4 Å². The van der Waals surface area contributed by atoms with Crippen molar-refractivity contribution < 1.29 is 0 Å². The topological polar surface area (TPSA) is 64.7 Å². The fourth-order valence-corrected chi connectivity index (χ4v) is 1.59. The Hall–Kier alpha value is -1.23. The molecule has 0 spiro atoms. The molecule has 0 saturated heterocycles. The van der Waals surface area contributed by atoms with E-state index < -0.39 is 0 Å². The van der Waals surface area contributed by atoms with Crippen molar-refractivity contribution in [3.63, 3.8) is 0 Å². The molecule has 2 N–H and O–H groups in total. The third-order valence-electron chi connectivity index (χ3n) is 1.37. The Kier molecular flexibility index (Phi) is 1.25. The summed E-state index contributed by atoms with van der Waals surface area (Å²) in [5.74, 6) is 0.470.